The lowest BCUT2D eigenvalue weighted by atomic mass is 10.00. The first kappa shape index (κ1) is 17.4. The SMILES string of the molecule is O=C(NCC1CCCCN1)[C@@H]1CC[C@@H]2CN1C(=O)N2OS(=O)(=O)O. The van der Waals surface area contributed by atoms with Crippen molar-refractivity contribution in [3.8, 4) is 0 Å². The first-order valence-electron chi connectivity index (χ1n) is 8.13. The maximum Gasteiger partial charge on any atom is 0.418 e. The molecule has 3 fully saturated rings. The Labute approximate surface area is 140 Å². The Morgan fingerprint density at radius 1 is 1.33 bits per heavy atom. The van der Waals surface area contributed by atoms with Crippen molar-refractivity contribution in [3.05, 3.63) is 0 Å². The Kier molecular flexibility index (Phi) is 4.95. The van der Waals surface area contributed by atoms with Crippen LogP contribution in [0.4, 0.5) is 4.79 Å². The normalized spacial score (nSPS) is 30.5. The van der Waals surface area contributed by atoms with Crippen molar-refractivity contribution in [2.75, 3.05) is 19.6 Å². The summed E-state index contributed by atoms with van der Waals surface area (Å²) in [5, 5.41) is 6.84. The van der Waals surface area contributed by atoms with Crippen LogP contribution < -0.4 is 10.6 Å². The van der Waals surface area contributed by atoms with Gasteiger partial charge in [0, 0.05) is 19.1 Å². The number of piperidine rings is 2. The molecule has 3 rings (SSSR count). The number of hydrogen-bond acceptors (Lipinski definition) is 6. The molecular formula is C13H22N4O6S. The van der Waals surface area contributed by atoms with Crippen LogP contribution in [0.3, 0.4) is 0 Å². The summed E-state index contributed by atoms with van der Waals surface area (Å²) in [7, 11) is -4.77. The molecule has 3 amide bonds. The third kappa shape index (κ3) is 3.79. The number of hydrogen-bond donors (Lipinski definition) is 3. The fourth-order valence-electron chi connectivity index (χ4n) is 3.54. The number of rotatable bonds is 5. The summed E-state index contributed by atoms with van der Waals surface area (Å²) in [5.74, 6) is -0.247. The van der Waals surface area contributed by atoms with Crippen molar-refractivity contribution in [2.45, 2.75) is 50.2 Å². The number of carbonyl (C=O) groups is 2. The van der Waals surface area contributed by atoms with E-state index in [2.05, 4.69) is 14.9 Å². The predicted molar refractivity (Wildman–Crippen MR) is 82.0 cm³/mol. The lowest BCUT2D eigenvalue weighted by Crippen LogP contribution is -2.52. The van der Waals surface area contributed by atoms with Gasteiger partial charge in [-0.1, -0.05) is 6.42 Å². The molecule has 3 N–H and O–H groups in total. The van der Waals surface area contributed by atoms with Crippen molar-refractivity contribution in [1.82, 2.24) is 20.6 Å². The molecule has 3 aliphatic heterocycles. The van der Waals surface area contributed by atoms with E-state index < -0.39 is 28.5 Å². The molecule has 0 aromatic heterocycles. The fraction of sp³-hybridized carbons (Fsp3) is 0.846. The molecule has 24 heavy (non-hydrogen) atoms. The van der Waals surface area contributed by atoms with E-state index in [1.54, 1.807) is 0 Å². The minimum atomic E-state index is -4.77. The van der Waals surface area contributed by atoms with Crippen LogP contribution in [0, 0.1) is 0 Å². The monoisotopic (exact) mass is 362 g/mol. The maximum absolute atomic E-state index is 12.4. The van der Waals surface area contributed by atoms with E-state index in [4.69, 9.17) is 4.55 Å². The molecule has 3 atom stereocenters. The average Bonchev–Trinajstić information content (AvgIpc) is 2.77. The van der Waals surface area contributed by atoms with Gasteiger partial charge in [-0.25, -0.2) is 4.79 Å². The number of hydroxylamine groups is 2. The smallest absolute Gasteiger partial charge is 0.353 e. The molecule has 0 aromatic rings. The van der Waals surface area contributed by atoms with Crippen molar-refractivity contribution in [1.29, 1.82) is 0 Å². The van der Waals surface area contributed by atoms with Crippen LogP contribution in [0.1, 0.15) is 32.1 Å². The van der Waals surface area contributed by atoms with Crippen LogP contribution in [0.15, 0.2) is 0 Å². The molecule has 0 saturated carbocycles. The van der Waals surface area contributed by atoms with Crippen molar-refractivity contribution in [2.24, 2.45) is 0 Å². The minimum absolute atomic E-state index is 0.202. The van der Waals surface area contributed by atoms with Gasteiger partial charge in [-0.05, 0) is 32.2 Å². The lowest BCUT2D eigenvalue weighted by molar-refractivity contribution is -0.126. The molecule has 0 spiro atoms. The quantitative estimate of drug-likeness (QED) is 0.549. The molecule has 3 heterocycles. The topological polar surface area (TPSA) is 128 Å². The number of urea groups is 1. The van der Waals surface area contributed by atoms with E-state index in [0.717, 1.165) is 25.8 Å². The Bertz CT molecular complexity index is 606. The average molecular weight is 362 g/mol. The highest BCUT2D eigenvalue weighted by molar-refractivity contribution is 7.80. The van der Waals surface area contributed by atoms with E-state index in [1.807, 2.05) is 0 Å². The second-order valence-corrected chi connectivity index (χ2v) is 7.41. The van der Waals surface area contributed by atoms with Gasteiger partial charge in [-0.3, -0.25) is 9.35 Å². The third-order valence-electron chi connectivity index (χ3n) is 4.74. The summed E-state index contributed by atoms with van der Waals surface area (Å²) in [6.45, 7) is 1.65. The van der Waals surface area contributed by atoms with Gasteiger partial charge in [0.25, 0.3) is 0 Å². The van der Waals surface area contributed by atoms with Gasteiger partial charge < -0.3 is 15.5 Å². The molecular weight excluding hydrogens is 340 g/mol. The number of amides is 3. The van der Waals surface area contributed by atoms with Crippen LogP contribution in [0.2, 0.25) is 0 Å². The molecule has 0 radical (unpaired) electrons. The third-order valence-corrected chi connectivity index (χ3v) is 5.08. The number of fused-ring (bicyclic) bond motifs is 2. The Morgan fingerprint density at radius 3 is 2.79 bits per heavy atom. The zero-order valence-electron chi connectivity index (χ0n) is 13.2. The first-order valence-corrected chi connectivity index (χ1v) is 9.49. The highest BCUT2D eigenvalue weighted by atomic mass is 32.3. The van der Waals surface area contributed by atoms with E-state index in [-0.39, 0.29) is 18.5 Å². The van der Waals surface area contributed by atoms with Gasteiger partial charge in [0.15, 0.2) is 0 Å². The predicted octanol–water partition coefficient (Wildman–Crippen LogP) is -0.752. The van der Waals surface area contributed by atoms with Gasteiger partial charge in [0.05, 0.1) is 6.04 Å². The zero-order valence-corrected chi connectivity index (χ0v) is 14.0. The minimum Gasteiger partial charge on any atom is -0.353 e. The van der Waals surface area contributed by atoms with Gasteiger partial charge in [-0.2, -0.15) is 13.5 Å². The summed E-state index contributed by atoms with van der Waals surface area (Å²) >= 11 is 0. The van der Waals surface area contributed by atoms with Gasteiger partial charge >= 0.3 is 16.4 Å². The van der Waals surface area contributed by atoms with Crippen LogP contribution in [0.25, 0.3) is 0 Å². The molecule has 0 aliphatic carbocycles. The van der Waals surface area contributed by atoms with Gasteiger partial charge in [0.1, 0.15) is 6.04 Å². The molecule has 10 nitrogen and oxygen atoms in total. The number of carbonyl (C=O) groups excluding carboxylic acids is 2. The zero-order chi connectivity index (χ0) is 17.3. The summed E-state index contributed by atoms with van der Waals surface area (Å²) in [6, 6.07) is -1.60. The number of nitrogens with zero attached hydrogens (tertiary/aromatic N) is 2. The highest BCUT2D eigenvalue weighted by Crippen LogP contribution is 2.30. The largest absolute Gasteiger partial charge is 0.418 e. The molecule has 0 aromatic carbocycles. The van der Waals surface area contributed by atoms with E-state index in [9.17, 15) is 18.0 Å². The summed E-state index contributed by atoms with van der Waals surface area (Å²) in [5.41, 5.74) is 0. The van der Waals surface area contributed by atoms with Crippen molar-refractivity contribution in [3.63, 3.8) is 0 Å². The van der Waals surface area contributed by atoms with Gasteiger partial charge in [-0.15, -0.1) is 4.28 Å². The number of nitrogens with one attached hydrogen (secondary N) is 2. The molecule has 2 bridgehead atoms. The van der Waals surface area contributed by atoms with Crippen LogP contribution in [-0.4, -0.2) is 72.6 Å². The fourth-order valence-corrected chi connectivity index (χ4v) is 3.93. The second-order valence-electron chi connectivity index (χ2n) is 6.40. The summed E-state index contributed by atoms with van der Waals surface area (Å²) in [6.07, 6.45) is 4.13. The first-order chi connectivity index (χ1) is 11.3. The molecule has 3 saturated heterocycles. The molecule has 11 heteroatoms. The van der Waals surface area contributed by atoms with Crippen LogP contribution in [0.5, 0.6) is 0 Å². The standard InChI is InChI=1S/C13H22N4O6S/c18-12(15-7-9-3-1-2-6-14-9)11-5-4-10-8-16(11)13(19)17(10)23-24(20,21)22/h9-11,14H,1-8H2,(H,15,18)(H,20,21,22)/t9?,10-,11+/m1/s1. The van der Waals surface area contributed by atoms with Crippen molar-refractivity contribution < 1.29 is 26.8 Å². The molecule has 136 valence electrons. The Hall–Kier alpha value is -1.43. The summed E-state index contributed by atoms with van der Waals surface area (Å²) < 4.78 is 34.8. The maximum atomic E-state index is 12.4. The van der Waals surface area contributed by atoms with E-state index >= 15 is 0 Å². The summed E-state index contributed by atoms with van der Waals surface area (Å²) in [4.78, 5) is 25.9. The highest BCUT2D eigenvalue weighted by Gasteiger charge is 2.49. The Balaban J connectivity index is 1.58. The van der Waals surface area contributed by atoms with Gasteiger partial charge in [0.2, 0.25) is 5.91 Å². The van der Waals surface area contributed by atoms with E-state index in [0.29, 0.717) is 24.4 Å². The van der Waals surface area contributed by atoms with E-state index in [1.165, 1.54) is 4.90 Å². The van der Waals surface area contributed by atoms with Crippen molar-refractivity contribution >= 4 is 22.3 Å². The molecule has 1 unspecified atom stereocenters. The lowest BCUT2D eigenvalue weighted by Gasteiger charge is -2.30. The van der Waals surface area contributed by atoms with Crippen LogP contribution >= 0.6 is 0 Å². The molecule has 3 aliphatic rings. The second kappa shape index (κ2) is 6.82. The Morgan fingerprint density at radius 2 is 2.12 bits per heavy atom. The van der Waals surface area contributed by atoms with Crippen LogP contribution in [-0.2, 0) is 19.5 Å².